The van der Waals surface area contributed by atoms with Crippen molar-refractivity contribution in [3.8, 4) is 0 Å². The fraction of sp³-hybridized carbons (Fsp3) is 0.902. The van der Waals surface area contributed by atoms with Crippen molar-refractivity contribution >= 4 is 11.8 Å². The molecule has 9 nitrogen and oxygen atoms in total. The van der Waals surface area contributed by atoms with Crippen LogP contribution in [0.3, 0.4) is 0 Å². The first-order chi connectivity index (χ1) is 24.3. The Morgan fingerprint density at radius 1 is 0.700 bits per heavy atom. The minimum atomic E-state index is -1.43. The number of rotatable bonds is 32. The Balaban J connectivity index is 2.62. The normalized spacial score (nSPS) is 21.5. The molecule has 0 aromatic rings. The van der Waals surface area contributed by atoms with Crippen molar-refractivity contribution in [3.63, 3.8) is 0 Å². The van der Waals surface area contributed by atoms with Crippen LogP contribution in [0.4, 0.5) is 0 Å². The lowest BCUT2D eigenvalue weighted by Gasteiger charge is -2.47. The van der Waals surface area contributed by atoms with Crippen molar-refractivity contribution in [2.45, 2.75) is 224 Å². The molecule has 1 rings (SSSR count). The Labute approximate surface area is 306 Å². The highest BCUT2D eigenvalue weighted by Gasteiger charge is 2.48. The first kappa shape index (κ1) is 46.5. The molecule has 6 N–H and O–H groups in total. The Kier molecular flexibility index (Phi) is 28.9. The van der Waals surface area contributed by atoms with E-state index >= 15 is 0 Å². The van der Waals surface area contributed by atoms with Crippen molar-refractivity contribution in [2.24, 2.45) is 5.73 Å². The molecule has 0 spiro atoms. The average Bonchev–Trinajstić information content (AvgIpc) is 3.10. The number of nitrogens with two attached hydrogens (primary N) is 1. The minimum absolute atomic E-state index is 0.101. The standard InChI is InChI=1S/C41H79N3O6/c1-4-6-8-10-12-14-16-18-19-20-21-23-25-27-29-31-36(46)44(32-30-28-26-24-22-17-15-13-11-9-7-5-2)41-37(43-40(49)34(3)42)39(48)38(47)35(33-45)50-41/h18-19,34-35,37-39,41,45,47-48H,4-17,20-33,42H2,1-3H3,(H,43,49)/b19-18-/t34-,35+,37+,38+,39+,41+/m0/s1. The van der Waals surface area contributed by atoms with Gasteiger partial charge in [0.05, 0.1) is 12.6 Å². The van der Waals surface area contributed by atoms with Gasteiger partial charge < -0.3 is 36.0 Å². The van der Waals surface area contributed by atoms with Crippen LogP contribution in [-0.4, -0.2) is 81.8 Å². The number of hydrogen-bond acceptors (Lipinski definition) is 7. The third-order valence-electron chi connectivity index (χ3n) is 10.2. The molecule has 0 bridgehead atoms. The zero-order chi connectivity index (χ0) is 36.8. The monoisotopic (exact) mass is 710 g/mol. The van der Waals surface area contributed by atoms with Crippen LogP contribution in [0.1, 0.15) is 188 Å². The van der Waals surface area contributed by atoms with Crippen LogP contribution in [-0.2, 0) is 14.3 Å². The van der Waals surface area contributed by atoms with E-state index in [2.05, 4.69) is 31.3 Å². The van der Waals surface area contributed by atoms with E-state index in [4.69, 9.17) is 10.5 Å². The van der Waals surface area contributed by atoms with Gasteiger partial charge in [-0.25, -0.2) is 0 Å². The van der Waals surface area contributed by atoms with Crippen LogP contribution in [0.5, 0.6) is 0 Å². The number of carbonyl (C=O) groups is 2. The molecule has 0 unspecified atom stereocenters. The highest BCUT2D eigenvalue weighted by atomic mass is 16.5. The van der Waals surface area contributed by atoms with Gasteiger partial charge in [-0.15, -0.1) is 0 Å². The predicted molar refractivity (Wildman–Crippen MR) is 206 cm³/mol. The molecule has 294 valence electrons. The lowest BCUT2D eigenvalue weighted by Crippen LogP contribution is -2.69. The molecular weight excluding hydrogens is 630 g/mol. The first-order valence-corrected chi connectivity index (χ1v) is 20.9. The summed E-state index contributed by atoms with van der Waals surface area (Å²) in [4.78, 5) is 28.0. The molecule has 9 heteroatoms. The largest absolute Gasteiger partial charge is 0.394 e. The van der Waals surface area contributed by atoms with Gasteiger partial charge in [-0.2, -0.15) is 0 Å². The van der Waals surface area contributed by atoms with Crippen molar-refractivity contribution in [2.75, 3.05) is 13.2 Å². The van der Waals surface area contributed by atoms with E-state index in [1.165, 1.54) is 110 Å². The molecule has 1 aliphatic heterocycles. The fourth-order valence-corrected chi connectivity index (χ4v) is 6.82. The number of nitrogens with one attached hydrogen (secondary N) is 1. The van der Waals surface area contributed by atoms with Crippen molar-refractivity contribution in [3.05, 3.63) is 12.2 Å². The van der Waals surface area contributed by atoms with Crippen LogP contribution in [0, 0.1) is 0 Å². The number of amides is 2. The summed E-state index contributed by atoms with van der Waals surface area (Å²) in [5.74, 6) is -0.608. The van der Waals surface area contributed by atoms with E-state index in [9.17, 15) is 24.9 Å². The molecule has 0 aliphatic carbocycles. The Hall–Kier alpha value is -1.52. The summed E-state index contributed by atoms with van der Waals surface area (Å²) in [7, 11) is 0. The third-order valence-corrected chi connectivity index (χ3v) is 10.2. The van der Waals surface area contributed by atoms with Gasteiger partial charge in [-0.1, -0.05) is 148 Å². The summed E-state index contributed by atoms with van der Waals surface area (Å²) in [6.07, 6.45) is 29.8. The third kappa shape index (κ3) is 21.1. The zero-order valence-electron chi connectivity index (χ0n) is 32.5. The number of ether oxygens (including phenoxy) is 1. The highest BCUT2D eigenvalue weighted by molar-refractivity contribution is 5.81. The molecule has 0 saturated carbocycles. The number of unbranched alkanes of at least 4 members (excludes halogenated alkanes) is 22. The SMILES string of the molecule is CCCCCCCC/C=C\CCCCCCCC(=O)N(CCCCCCCCCCCCCC)[C@@H]1O[C@H](CO)[C@@H](O)[C@H](O)[C@H]1NC(=O)[C@H](C)N. The van der Waals surface area contributed by atoms with Crippen molar-refractivity contribution in [1.82, 2.24) is 10.2 Å². The van der Waals surface area contributed by atoms with Crippen molar-refractivity contribution < 1.29 is 29.6 Å². The second-order valence-corrected chi connectivity index (χ2v) is 14.9. The first-order valence-electron chi connectivity index (χ1n) is 20.9. The molecule has 1 fully saturated rings. The van der Waals surface area contributed by atoms with Crippen LogP contribution >= 0.6 is 0 Å². The quantitative estimate of drug-likeness (QED) is 0.0354. The summed E-state index contributed by atoms with van der Waals surface area (Å²) < 4.78 is 6.06. The van der Waals surface area contributed by atoms with E-state index in [0.29, 0.717) is 13.0 Å². The second-order valence-electron chi connectivity index (χ2n) is 14.9. The van der Waals surface area contributed by atoms with Crippen LogP contribution in [0.15, 0.2) is 12.2 Å². The lowest BCUT2D eigenvalue weighted by molar-refractivity contribution is -0.231. The average molecular weight is 710 g/mol. The molecule has 2 amide bonds. The molecule has 50 heavy (non-hydrogen) atoms. The van der Waals surface area contributed by atoms with Gasteiger partial charge in [0.1, 0.15) is 24.4 Å². The van der Waals surface area contributed by atoms with E-state index in [1.807, 2.05) is 0 Å². The summed E-state index contributed by atoms with van der Waals surface area (Å²) >= 11 is 0. The molecule has 0 aromatic heterocycles. The highest BCUT2D eigenvalue weighted by Crippen LogP contribution is 2.26. The van der Waals surface area contributed by atoms with Crippen molar-refractivity contribution in [1.29, 1.82) is 0 Å². The maximum absolute atomic E-state index is 13.7. The Morgan fingerprint density at radius 3 is 1.60 bits per heavy atom. The number of hydrogen-bond donors (Lipinski definition) is 5. The number of carbonyl (C=O) groups excluding carboxylic acids is 2. The maximum Gasteiger partial charge on any atom is 0.237 e. The zero-order valence-corrected chi connectivity index (χ0v) is 32.5. The summed E-state index contributed by atoms with van der Waals surface area (Å²) in [5.41, 5.74) is 5.80. The number of nitrogens with zero attached hydrogens (tertiary/aromatic N) is 1. The Bertz CT molecular complexity index is 856. The predicted octanol–water partition coefficient (Wildman–Crippen LogP) is 7.82. The maximum atomic E-state index is 13.7. The van der Waals surface area contributed by atoms with Gasteiger partial charge in [0, 0.05) is 13.0 Å². The fourth-order valence-electron chi connectivity index (χ4n) is 6.82. The molecule has 1 aliphatic rings. The van der Waals surface area contributed by atoms with Gasteiger partial charge in [0.2, 0.25) is 11.8 Å². The van der Waals surface area contributed by atoms with Gasteiger partial charge in [0.15, 0.2) is 6.23 Å². The second kappa shape index (κ2) is 31.0. The lowest BCUT2D eigenvalue weighted by atomic mass is 9.94. The van der Waals surface area contributed by atoms with Crippen LogP contribution in [0.2, 0.25) is 0 Å². The van der Waals surface area contributed by atoms with E-state index in [-0.39, 0.29) is 5.91 Å². The van der Waals surface area contributed by atoms with Gasteiger partial charge in [-0.05, 0) is 45.4 Å². The topological polar surface area (TPSA) is 145 Å². The van der Waals surface area contributed by atoms with Crippen LogP contribution in [0.25, 0.3) is 0 Å². The van der Waals surface area contributed by atoms with Crippen LogP contribution < -0.4 is 11.1 Å². The summed E-state index contributed by atoms with van der Waals surface area (Å²) in [5, 5.41) is 34.3. The Morgan fingerprint density at radius 2 is 1.14 bits per heavy atom. The number of aliphatic hydroxyl groups excluding tert-OH is 3. The summed E-state index contributed by atoms with van der Waals surface area (Å²) in [6, 6.07) is -1.91. The van der Waals surface area contributed by atoms with Gasteiger partial charge >= 0.3 is 0 Å². The van der Waals surface area contributed by atoms with E-state index in [1.54, 1.807) is 4.90 Å². The number of aliphatic hydroxyl groups is 3. The van der Waals surface area contributed by atoms with E-state index in [0.717, 1.165) is 57.8 Å². The van der Waals surface area contributed by atoms with E-state index < -0.39 is 49.1 Å². The molecule has 1 saturated heterocycles. The van der Waals surface area contributed by atoms with Gasteiger partial charge in [0.25, 0.3) is 0 Å². The van der Waals surface area contributed by atoms with Gasteiger partial charge in [-0.3, -0.25) is 9.59 Å². The smallest absolute Gasteiger partial charge is 0.237 e. The molecule has 0 radical (unpaired) electrons. The number of allylic oxidation sites excluding steroid dienone is 2. The molecular formula is C41H79N3O6. The molecule has 1 heterocycles. The summed E-state index contributed by atoms with van der Waals surface area (Å²) in [6.45, 7) is 5.93. The minimum Gasteiger partial charge on any atom is -0.394 e. The molecule has 0 aromatic carbocycles. The molecule has 6 atom stereocenters.